The van der Waals surface area contributed by atoms with E-state index in [0.717, 1.165) is 25.3 Å². The lowest BCUT2D eigenvalue weighted by Gasteiger charge is -2.12. The fourth-order valence-corrected chi connectivity index (χ4v) is 3.26. The molecule has 0 fully saturated rings. The van der Waals surface area contributed by atoms with Crippen LogP contribution in [-0.2, 0) is 17.9 Å². The van der Waals surface area contributed by atoms with E-state index in [-0.39, 0.29) is 17.3 Å². The van der Waals surface area contributed by atoms with Gasteiger partial charge in [0.25, 0.3) is 5.91 Å². The number of hydrazine groups is 1. The van der Waals surface area contributed by atoms with Gasteiger partial charge in [0.1, 0.15) is 18.2 Å². The fraction of sp³-hybridized carbons (Fsp3) is 0.273. The van der Waals surface area contributed by atoms with Gasteiger partial charge in [0.05, 0.1) is 5.69 Å². The Morgan fingerprint density at radius 3 is 2.55 bits per heavy atom. The molecule has 3 N–H and O–H groups in total. The maximum atomic E-state index is 13.7. The van der Waals surface area contributed by atoms with E-state index in [2.05, 4.69) is 28.2 Å². The Kier molecular flexibility index (Phi) is 8.25. The first-order chi connectivity index (χ1) is 15.9. The number of carbonyl (C=O) groups excluding carboxylic acids is 1. The standard InChI is InChI=1S/C22H24F2N6O2S/c1-2-3-7-12-30-22(32)29(20(28-30)15-8-5-4-6-9-15)14-19(31)26-27-21(33)25-18-11-10-16(23)13-17(18)24/h4-6,8-11,13H,2-3,7,12,14H2,1H3,(H,26,31)(H2,25,27,33). The minimum absolute atomic E-state index is 0.0564. The lowest BCUT2D eigenvalue weighted by molar-refractivity contribution is -0.122. The molecule has 0 bridgehead atoms. The second kappa shape index (κ2) is 11.3. The summed E-state index contributed by atoms with van der Waals surface area (Å²) in [6, 6.07) is 12.1. The summed E-state index contributed by atoms with van der Waals surface area (Å²) in [5, 5.41) is 6.83. The number of hydrogen-bond donors (Lipinski definition) is 3. The molecule has 0 spiro atoms. The van der Waals surface area contributed by atoms with Crippen LogP contribution in [0.2, 0.25) is 0 Å². The van der Waals surface area contributed by atoms with E-state index in [0.29, 0.717) is 24.0 Å². The maximum Gasteiger partial charge on any atom is 0.346 e. The highest BCUT2D eigenvalue weighted by Crippen LogP contribution is 2.16. The third-order valence-electron chi connectivity index (χ3n) is 4.72. The van der Waals surface area contributed by atoms with Gasteiger partial charge in [-0.2, -0.15) is 0 Å². The molecule has 0 atom stereocenters. The van der Waals surface area contributed by atoms with Crippen LogP contribution >= 0.6 is 12.2 Å². The van der Waals surface area contributed by atoms with Gasteiger partial charge in [-0.1, -0.05) is 50.1 Å². The molecule has 0 radical (unpaired) electrons. The summed E-state index contributed by atoms with van der Waals surface area (Å²) in [4.78, 5) is 25.4. The number of aromatic nitrogens is 3. The number of unbranched alkanes of at least 4 members (excludes halogenated alkanes) is 2. The highest BCUT2D eigenvalue weighted by Gasteiger charge is 2.17. The Morgan fingerprint density at radius 2 is 1.85 bits per heavy atom. The van der Waals surface area contributed by atoms with Gasteiger partial charge in [0.15, 0.2) is 10.9 Å². The summed E-state index contributed by atoms with van der Waals surface area (Å²) >= 11 is 5.02. The van der Waals surface area contributed by atoms with E-state index in [1.54, 1.807) is 12.1 Å². The van der Waals surface area contributed by atoms with Crippen molar-refractivity contribution >= 4 is 28.9 Å². The van der Waals surface area contributed by atoms with Gasteiger partial charge in [0.2, 0.25) is 0 Å². The molecular weight excluding hydrogens is 450 g/mol. The second-order valence-electron chi connectivity index (χ2n) is 7.24. The Labute approximate surface area is 194 Å². The van der Waals surface area contributed by atoms with E-state index >= 15 is 0 Å². The molecule has 174 valence electrons. The largest absolute Gasteiger partial charge is 0.346 e. The number of carbonyl (C=O) groups is 1. The molecule has 0 unspecified atom stereocenters. The topological polar surface area (TPSA) is 93.0 Å². The molecule has 33 heavy (non-hydrogen) atoms. The normalized spacial score (nSPS) is 10.6. The van der Waals surface area contributed by atoms with Crippen LogP contribution in [0.1, 0.15) is 26.2 Å². The van der Waals surface area contributed by atoms with Crippen molar-refractivity contribution in [1.29, 1.82) is 0 Å². The number of aryl methyl sites for hydroxylation is 1. The zero-order valence-electron chi connectivity index (χ0n) is 18.0. The zero-order valence-corrected chi connectivity index (χ0v) is 18.8. The van der Waals surface area contributed by atoms with Crippen LogP contribution in [0.25, 0.3) is 11.4 Å². The van der Waals surface area contributed by atoms with Crippen molar-refractivity contribution in [3.8, 4) is 11.4 Å². The SMILES string of the molecule is CCCCCn1nc(-c2ccccc2)n(CC(=O)NNC(=S)Nc2ccc(F)cc2F)c1=O. The van der Waals surface area contributed by atoms with E-state index < -0.39 is 23.2 Å². The fourth-order valence-electron chi connectivity index (χ4n) is 3.10. The summed E-state index contributed by atoms with van der Waals surface area (Å²) in [5.41, 5.74) is 5.05. The molecule has 1 amide bonds. The van der Waals surface area contributed by atoms with Crippen LogP contribution in [0.4, 0.5) is 14.5 Å². The number of hydrogen-bond acceptors (Lipinski definition) is 4. The molecule has 2 aromatic carbocycles. The minimum Gasteiger partial charge on any atom is -0.329 e. The number of anilines is 1. The second-order valence-corrected chi connectivity index (χ2v) is 7.65. The molecule has 0 aliphatic carbocycles. The van der Waals surface area contributed by atoms with Crippen molar-refractivity contribution in [2.75, 3.05) is 5.32 Å². The first-order valence-corrected chi connectivity index (χ1v) is 10.8. The Balaban J connectivity index is 1.68. The quantitative estimate of drug-likeness (QED) is 0.264. The number of nitrogens with one attached hydrogen (secondary N) is 3. The van der Waals surface area contributed by atoms with Crippen LogP contribution < -0.4 is 21.9 Å². The first-order valence-electron chi connectivity index (χ1n) is 10.4. The van der Waals surface area contributed by atoms with Crippen LogP contribution in [0.15, 0.2) is 53.3 Å². The van der Waals surface area contributed by atoms with E-state index in [9.17, 15) is 18.4 Å². The lowest BCUT2D eigenvalue weighted by atomic mass is 10.2. The predicted molar refractivity (Wildman–Crippen MR) is 125 cm³/mol. The summed E-state index contributed by atoms with van der Waals surface area (Å²) < 4.78 is 29.4. The highest BCUT2D eigenvalue weighted by atomic mass is 32.1. The molecule has 11 heteroatoms. The average Bonchev–Trinajstić information content (AvgIpc) is 3.10. The molecule has 1 aromatic heterocycles. The van der Waals surface area contributed by atoms with Crippen LogP contribution in [0.3, 0.4) is 0 Å². The van der Waals surface area contributed by atoms with E-state index in [1.165, 1.54) is 15.3 Å². The smallest absolute Gasteiger partial charge is 0.329 e. The van der Waals surface area contributed by atoms with Gasteiger partial charge < -0.3 is 5.32 Å². The number of rotatable bonds is 8. The number of halogens is 2. The van der Waals surface area contributed by atoms with Gasteiger partial charge >= 0.3 is 5.69 Å². The number of thiocarbonyl (C=S) groups is 1. The maximum absolute atomic E-state index is 13.7. The Bertz CT molecular complexity index is 1180. The molecule has 1 heterocycles. The summed E-state index contributed by atoms with van der Waals surface area (Å²) in [6.07, 6.45) is 2.77. The first kappa shape index (κ1) is 24.1. The number of nitrogens with zero attached hydrogens (tertiary/aromatic N) is 3. The van der Waals surface area contributed by atoms with Crippen molar-refractivity contribution in [2.24, 2.45) is 0 Å². The number of amides is 1. The summed E-state index contributed by atoms with van der Waals surface area (Å²) in [7, 11) is 0. The van der Waals surface area contributed by atoms with Crippen molar-refractivity contribution in [1.82, 2.24) is 25.2 Å². The van der Waals surface area contributed by atoms with Crippen LogP contribution in [-0.4, -0.2) is 25.4 Å². The average molecular weight is 475 g/mol. The van der Waals surface area contributed by atoms with Gasteiger partial charge in [-0.05, 0) is 30.8 Å². The lowest BCUT2D eigenvalue weighted by Crippen LogP contribution is -2.46. The van der Waals surface area contributed by atoms with Crippen molar-refractivity contribution in [2.45, 2.75) is 39.3 Å². The van der Waals surface area contributed by atoms with Gasteiger partial charge in [-0.25, -0.2) is 18.3 Å². The molecule has 0 saturated carbocycles. The van der Waals surface area contributed by atoms with Gasteiger partial charge in [-0.15, -0.1) is 5.10 Å². The van der Waals surface area contributed by atoms with Crippen molar-refractivity contribution in [3.05, 3.63) is 70.6 Å². The molecule has 0 saturated heterocycles. The molecular formula is C22H24F2N6O2S. The Hall–Kier alpha value is -3.60. The molecule has 8 nitrogen and oxygen atoms in total. The third kappa shape index (κ3) is 6.45. The molecule has 3 rings (SSSR count). The summed E-state index contributed by atoms with van der Waals surface area (Å²) in [6.45, 7) is 2.21. The third-order valence-corrected chi connectivity index (χ3v) is 4.93. The van der Waals surface area contributed by atoms with Gasteiger partial charge in [-0.3, -0.25) is 20.2 Å². The van der Waals surface area contributed by atoms with Crippen molar-refractivity contribution < 1.29 is 13.6 Å². The highest BCUT2D eigenvalue weighted by molar-refractivity contribution is 7.80. The van der Waals surface area contributed by atoms with E-state index in [4.69, 9.17) is 12.2 Å². The van der Waals surface area contributed by atoms with Crippen LogP contribution in [0.5, 0.6) is 0 Å². The molecule has 0 aliphatic rings. The minimum atomic E-state index is -0.833. The zero-order chi connectivity index (χ0) is 23.8. The molecule has 0 aliphatic heterocycles. The molecule has 3 aromatic rings. The summed E-state index contributed by atoms with van der Waals surface area (Å²) in [5.74, 6) is -1.74. The predicted octanol–water partition coefficient (Wildman–Crippen LogP) is 3.20. The monoisotopic (exact) mass is 474 g/mol. The number of benzene rings is 2. The van der Waals surface area contributed by atoms with Crippen LogP contribution in [0, 0.1) is 11.6 Å². The van der Waals surface area contributed by atoms with Gasteiger partial charge in [0, 0.05) is 18.2 Å². The van der Waals surface area contributed by atoms with Crippen molar-refractivity contribution in [3.63, 3.8) is 0 Å². The van der Waals surface area contributed by atoms with E-state index in [1.807, 2.05) is 18.2 Å². The Morgan fingerprint density at radius 1 is 1.09 bits per heavy atom.